The van der Waals surface area contributed by atoms with Crippen LogP contribution in [0.3, 0.4) is 0 Å². The van der Waals surface area contributed by atoms with E-state index in [1.807, 2.05) is 35.0 Å². The number of hydrogen-bond donors (Lipinski definition) is 1. The quantitative estimate of drug-likeness (QED) is 0.573. The lowest BCUT2D eigenvalue weighted by atomic mass is 10.1. The molecule has 0 radical (unpaired) electrons. The predicted molar refractivity (Wildman–Crippen MR) is 85.8 cm³/mol. The average Bonchev–Trinajstić information content (AvgIpc) is 2.84. The number of hydrogen-bond acceptors (Lipinski definition) is 3. The van der Waals surface area contributed by atoms with Crippen LogP contribution in [0.5, 0.6) is 0 Å². The van der Waals surface area contributed by atoms with Crippen LogP contribution in [0.15, 0.2) is 54.9 Å². The Hall–Kier alpha value is -2.53. The van der Waals surface area contributed by atoms with Gasteiger partial charge in [-0.1, -0.05) is 24.3 Å². The Kier molecular flexibility index (Phi) is 2.79. The highest BCUT2D eigenvalue weighted by Crippen LogP contribution is 2.19. The van der Waals surface area contributed by atoms with Crippen molar-refractivity contribution in [2.24, 2.45) is 0 Å². The number of pyridine rings is 2. The van der Waals surface area contributed by atoms with Crippen molar-refractivity contribution in [1.82, 2.24) is 19.5 Å². The van der Waals surface area contributed by atoms with Gasteiger partial charge in [-0.25, -0.2) is 4.98 Å². The molecule has 0 fully saturated rings. The van der Waals surface area contributed by atoms with Crippen molar-refractivity contribution in [3.8, 4) is 0 Å². The second-order valence-electron chi connectivity index (χ2n) is 4.88. The molecule has 102 valence electrons. The molecule has 1 aromatic carbocycles. The summed E-state index contributed by atoms with van der Waals surface area (Å²) in [7, 11) is 0. The Morgan fingerprint density at radius 3 is 2.76 bits per heavy atom. The summed E-state index contributed by atoms with van der Waals surface area (Å²) in [5.41, 5.74) is 3.97. The zero-order chi connectivity index (χ0) is 14.2. The van der Waals surface area contributed by atoms with Gasteiger partial charge in [-0.15, -0.1) is 0 Å². The standard InChI is InChI=1S/C16H12N4S/c21-16-19-13-7-3-9-18-15(13)20(16)10-12-5-1-4-11-6-2-8-17-14(11)12/h1-9H,10H2,(H,19,21). The number of imidazole rings is 1. The van der Waals surface area contributed by atoms with Crippen molar-refractivity contribution in [1.29, 1.82) is 0 Å². The molecule has 4 rings (SSSR count). The minimum Gasteiger partial charge on any atom is -0.329 e. The molecule has 0 atom stereocenters. The number of nitrogens with one attached hydrogen (secondary N) is 1. The third kappa shape index (κ3) is 2.02. The van der Waals surface area contributed by atoms with E-state index >= 15 is 0 Å². The van der Waals surface area contributed by atoms with Gasteiger partial charge in [0.15, 0.2) is 10.4 Å². The summed E-state index contributed by atoms with van der Waals surface area (Å²) in [5.74, 6) is 0. The summed E-state index contributed by atoms with van der Waals surface area (Å²) in [5, 5.41) is 1.13. The molecule has 0 aliphatic carbocycles. The zero-order valence-electron chi connectivity index (χ0n) is 11.2. The summed E-state index contributed by atoms with van der Waals surface area (Å²) >= 11 is 5.42. The van der Waals surface area contributed by atoms with Gasteiger partial charge in [0.1, 0.15) is 0 Å². The Balaban J connectivity index is 1.91. The molecule has 0 bridgehead atoms. The summed E-state index contributed by atoms with van der Waals surface area (Å²) < 4.78 is 2.69. The van der Waals surface area contributed by atoms with E-state index in [1.54, 1.807) is 6.20 Å². The normalized spacial score (nSPS) is 11.2. The molecule has 0 spiro atoms. The second kappa shape index (κ2) is 4.79. The first-order valence-electron chi connectivity index (χ1n) is 6.69. The zero-order valence-corrected chi connectivity index (χ0v) is 12.0. The lowest BCUT2D eigenvalue weighted by molar-refractivity contribution is 0.804. The van der Waals surface area contributed by atoms with Crippen molar-refractivity contribution >= 4 is 34.3 Å². The number of rotatable bonds is 2. The fourth-order valence-corrected chi connectivity index (χ4v) is 2.86. The van der Waals surface area contributed by atoms with Gasteiger partial charge in [0.05, 0.1) is 17.6 Å². The van der Waals surface area contributed by atoms with Gasteiger partial charge in [-0.2, -0.15) is 0 Å². The van der Waals surface area contributed by atoms with Crippen LogP contribution in [-0.4, -0.2) is 19.5 Å². The molecule has 3 heterocycles. The van der Waals surface area contributed by atoms with E-state index in [4.69, 9.17) is 12.2 Å². The number of aromatic nitrogens is 4. The molecule has 0 unspecified atom stereocenters. The van der Waals surface area contributed by atoms with Crippen molar-refractivity contribution in [2.75, 3.05) is 0 Å². The van der Waals surface area contributed by atoms with Gasteiger partial charge < -0.3 is 4.98 Å². The van der Waals surface area contributed by atoms with Crippen molar-refractivity contribution in [3.63, 3.8) is 0 Å². The molecule has 0 aliphatic rings. The molecule has 21 heavy (non-hydrogen) atoms. The van der Waals surface area contributed by atoms with Crippen LogP contribution >= 0.6 is 12.2 Å². The first-order chi connectivity index (χ1) is 10.3. The van der Waals surface area contributed by atoms with Crippen LogP contribution in [0.2, 0.25) is 0 Å². The fraction of sp³-hybridized carbons (Fsp3) is 0.0625. The van der Waals surface area contributed by atoms with Crippen LogP contribution in [0.25, 0.3) is 22.1 Å². The number of para-hydroxylation sites is 1. The van der Waals surface area contributed by atoms with Crippen LogP contribution < -0.4 is 0 Å². The van der Waals surface area contributed by atoms with Crippen LogP contribution in [0.4, 0.5) is 0 Å². The SMILES string of the molecule is S=c1[nH]c2cccnc2n1Cc1cccc2cccnc12. The van der Waals surface area contributed by atoms with E-state index in [0.717, 1.165) is 27.6 Å². The first kappa shape index (κ1) is 12.2. The number of benzene rings is 1. The smallest absolute Gasteiger partial charge is 0.179 e. The topological polar surface area (TPSA) is 46.5 Å². The second-order valence-corrected chi connectivity index (χ2v) is 5.27. The van der Waals surface area contributed by atoms with Crippen molar-refractivity contribution in [2.45, 2.75) is 6.54 Å². The molecule has 0 saturated carbocycles. The van der Waals surface area contributed by atoms with Gasteiger partial charge in [0, 0.05) is 17.8 Å². The molecular weight excluding hydrogens is 280 g/mol. The van der Waals surface area contributed by atoms with E-state index in [2.05, 4.69) is 33.2 Å². The molecule has 0 amide bonds. The highest BCUT2D eigenvalue weighted by atomic mass is 32.1. The van der Waals surface area contributed by atoms with Crippen LogP contribution in [-0.2, 0) is 6.54 Å². The lowest BCUT2D eigenvalue weighted by Crippen LogP contribution is -2.02. The Bertz CT molecular complexity index is 994. The van der Waals surface area contributed by atoms with E-state index in [1.165, 1.54) is 0 Å². The predicted octanol–water partition coefficient (Wildman–Crippen LogP) is 3.69. The average molecular weight is 292 g/mol. The monoisotopic (exact) mass is 292 g/mol. The molecular formula is C16H12N4S. The van der Waals surface area contributed by atoms with Gasteiger partial charge in [0.2, 0.25) is 0 Å². The van der Waals surface area contributed by atoms with Gasteiger partial charge in [-0.05, 0) is 36.0 Å². The highest BCUT2D eigenvalue weighted by Gasteiger charge is 2.08. The summed E-state index contributed by atoms with van der Waals surface area (Å²) in [6.07, 6.45) is 3.60. The largest absolute Gasteiger partial charge is 0.329 e. The maximum atomic E-state index is 5.42. The summed E-state index contributed by atoms with van der Waals surface area (Å²) in [6.45, 7) is 0.657. The molecule has 0 saturated heterocycles. The van der Waals surface area contributed by atoms with Crippen LogP contribution in [0.1, 0.15) is 5.56 Å². The maximum absolute atomic E-state index is 5.42. The maximum Gasteiger partial charge on any atom is 0.179 e. The number of H-pyrrole nitrogens is 1. The highest BCUT2D eigenvalue weighted by molar-refractivity contribution is 7.71. The van der Waals surface area contributed by atoms with Gasteiger partial charge >= 0.3 is 0 Å². The van der Waals surface area contributed by atoms with Crippen molar-refractivity contribution < 1.29 is 0 Å². The fourth-order valence-electron chi connectivity index (χ4n) is 2.60. The van der Waals surface area contributed by atoms with Gasteiger partial charge in [0.25, 0.3) is 0 Å². The van der Waals surface area contributed by atoms with E-state index in [-0.39, 0.29) is 0 Å². The number of fused-ring (bicyclic) bond motifs is 2. The van der Waals surface area contributed by atoms with Gasteiger partial charge in [-0.3, -0.25) is 9.55 Å². The van der Waals surface area contributed by atoms with Crippen LogP contribution in [0, 0.1) is 4.77 Å². The third-order valence-corrected chi connectivity index (χ3v) is 3.90. The van der Waals surface area contributed by atoms with E-state index in [0.29, 0.717) is 11.3 Å². The number of aromatic amines is 1. The minimum atomic E-state index is 0.657. The number of nitrogens with zero attached hydrogens (tertiary/aromatic N) is 3. The van der Waals surface area contributed by atoms with Crippen molar-refractivity contribution in [3.05, 3.63) is 65.2 Å². The summed E-state index contributed by atoms with van der Waals surface area (Å²) in [6, 6.07) is 14.1. The van der Waals surface area contributed by atoms with E-state index < -0.39 is 0 Å². The lowest BCUT2D eigenvalue weighted by Gasteiger charge is -2.07. The van der Waals surface area contributed by atoms with E-state index in [9.17, 15) is 0 Å². The third-order valence-electron chi connectivity index (χ3n) is 3.57. The molecule has 4 aromatic rings. The molecule has 5 heteroatoms. The molecule has 1 N–H and O–H groups in total. The minimum absolute atomic E-state index is 0.657. The first-order valence-corrected chi connectivity index (χ1v) is 7.10. The molecule has 4 nitrogen and oxygen atoms in total. The Morgan fingerprint density at radius 1 is 1.00 bits per heavy atom. The molecule has 3 aromatic heterocycles. The summed E-state index contributed by atoms with van der Waals surface area (Å²) in [4.78, 5) is 12.1. The molecule has 0 aliphatic heterocycles. The Morgan fingerprint density at radius 2 is 1.81 bits per heavy atom. The Labute approximate surface area is 126 Å².